The van der Waals surface area contributed by atoms with E-state index in [1.54, 1.807) is 0 Å². The first-order valence-electron chi connectivity index (χ1n) is 18.1. The van der Waals surface area contributed by atoms with Crippen molar-refractivity contribution in [3.8, 4) is 0 Å². The van der Waals surface area contributed by atoms with Gasteiger partial charge in [0.25, 0.3) is 0 Å². The summed E-state index contributed by atoms with van der Waals surface area (Å²) in [4.78, 5) is 40.9. The summed E-state index contributed by atoms with van der Waals surface area (Å²) in [6.45, 7) is 21.7. The van der Waals surface area contributed by atoms with Crippen molar-refractivity contribution < 1.29 is 9.59 Å². The summed E-state index contributed by atoms with van der Waals surface area (Å²) in [5, 5.41) is 0. The van der Waals surface area contributed by atoms with Crippen LogP contribution in [0, 0.1) is 34.5 Å². The summed E-state index contributed by atoms with van der Waals surface area (Å²) < 4.78 is 0. The molecule has 0 N–H and O–H groups in total. The van der Waals surface area contributed by atoms with E-state index in [4.69, 9.17) is 4.98 Å². The second-order valence-corrected chi connectivity index (χ2v) is 14.9. The Morgan fingerprint density at radius 1 is 0.911 bits per heavy atom. The molecule has 3 saturated carbocycles. The van der Waals surface area contributed by atoms with Crippen LogP contribution in [-0.4, -0.2) is 80.4 Å². The number of nitrogens with zero attached hydrogens (tertiary/aromatic N) is 5. The van der Waals surface area contributed by atoms with Crippen molar-refractivity contribution >= 4 is 28.9 Å². The summed E-state index contributed by atoms with van der Waals surface area (Å²) in [5.74, 6) is 4.83. The molecule has 4 aliphatic carbocycles. The van der Waals surface area contributed by atoms with Crippen LogP contribution in [0.15, 0.2) is 35.9 Å². The minimum Gasteiger partial charge on any atom is -0.369 e. The molecule has 0 aromatic carbocycles. The topological polar surface area (TPSA) is 60.0 Å². The van der Waals surface area contributed by atoms with Crippen LogP contribution in [0.5, 0.6) is 0 Å². The third-order valence-corrected chi connectivity index (χ3v) is 13.0. The number of hydrogen-bond acceptors (Lipinski definition) is 7. The van der Waals surface area contributed by atoms with Gasteiger partial charge < -0.3 is 14.7 Å². The number of carbonyl (C=O) groups excluding carboxylic acids is 2. The van der Waals surface area contributed by atoms with Crippen molar-refractivity contribution in [2.45, 2.75) is 80.1 Å². The van der Waals surface area contributed by atoms with Crippen molar-refractivity contribution in [2.24, 2.45) is 34.5 Å². The van der Waals surface area contributed by atoms with Crippen LogP contribution in [-0.2, 0) is 9.59 Å². The first kappa shape index (κ1) is 32.3. The molecule has 1 aliphatic heterocycles. The molecule has 7 heteroatoms. The molecular formula is C38H57N5O2. The summed E-state index contributed by atoms with van der Waals surface area (Å²) in [7, 11) is 0. The Balaban J connectivity index is 1.09. The van der Waals surface area contributed by atoms with E-state index in [2.05, 4.69) is 79.4 Å². The second-order valence-electron chi connectivity index (χ2n) is 14.9. The summed E-state index contributed by atoms with van der Waals surface area (Å²) in [5.41, 5.74) is 2.71. The van der Waals surface area contributed by atoms with Gasteiger partial charge in [0.2, 0.25) is 0 Å². The zero-order chi connectivity index (χ0) is 31.9. The quantitative estimate of drug-likeness (QED) is 0.302. The van der Waals surface area contributed by atoms with Crippen LogP contribution < -0.4 is 14.7 Å². The molecular weight excluding hydrogens is 558 g/mol. The average molecular weight is 616 g/mol. The van der Waals surface area contributed by atoms with E-state index in [1.807, 2.05) is 12.2 Å². The highest BCUT2D eigenvalue weighted by Crippen LogP contribution is 2.66. The van der Waals surface area contributed by atoms with Crippen LogP contribution in [0.3, 0.4) is 0 Å². The largest absolute Gasteiger partial charge is 0.369 e. The van der Waals surface area contributed by atoms with Gasteiger partial charge in [0.1, 0.15) is 11.6 Å². The molecule has 6 atom stereocenters. The molecule has 45 heavy (non-hydrogen) atoms. The van der Waals surface area contributed by atoms with Crippen LogP contribution >= 0.6 is 0 Å². The first-order valence-corrected chi connectivity index (χ1v) is 18.1. The maximum Gasteiger partial charge on any atom is 0.178 e. The number of hydrogen-bond donors (Lipinski definition) is 0. The summed E-state index contributed by atoms with van der Waals surface area (Å²) in [6, 6.07) is 4.46. The van der Waals surface area contributed by atoms with Crippen LogP contribution in [0.4, 0.5) is 17.3 Å². The molecule has 246 valence electrons. The fourth-order valence-corrected chi connectivity index (χ4v) is 10.4. The Bertz CT molecular complexity index is 1320. The van der Waals surface area contributed by atoms with Gasteiger partial charge in [0.05, 0.1) is 12.2 Å². The number of pyridine rings is 1. The van der Waals surface area contributed by atoms with Crippen molar-refractivity contribution in [3.05, 3.63) is 35.9 Å². The minimum absolute atomic E-state index is 0.0205. The lowest BCUT2D eigenvalue weighted by atomic mass is 9.47. The lowest BCUT2D eigenvalue weighted by Crippen LogP contribution is -2.52. The molecule has 0 unspecified atom stereocenters. The van der Waals surface area contributed by atoms with E-state index >= 15 is 0 Å². The fraction of sp³-hybridized carbons (Fsp3) is 0.711. The predicted molar refractivity (Wildman–Crippen MR) is 185 cm³/mol. The molecule has 1 aromatic heterocycles. The molecule has 1 aromatic rings. The monoisotopic (exact) mass is 615 g/mol. The van der Waals surface area contributed by atoms with Gasteiger partial charge in [0.15, 0.2) is 11.6 Å². The average Bonchev–Trinajstić information content (AvgIpc) is 3.41. The van der Waals surface area contributed by atoms with E-state index in [-0.39, 0.29) is 22.5 Å². The van der Waals surface area contributed by atoms with Gasteiger partial charge in [0, 0.05) is 63.7 Å². The minimum atomic E-state index is 0.0205. The number of fused-ring (bicyclic) bond motifs is 5. The molecule has 0 bridgehead atoms. The Morgan fingerprint density at radius 3 is 2.31 bits per heavy atom. The highest BCUT2D eigenvalue weighted by Gasteiger charge is 2.59. The fourth-order valence-electron chi connectivity index (χ4n) is 10.4. The number of carbonyl (C=O) groups is 2. The van der Waals surface area contributed by atoms with Crippen LogP contribution in [0.1, 0.15) is 80.1 Å². The standard InChI is InChI=1S/C38H57N5O2/c1-7-41(8-2)33-15-16-35(39-36(33)42(9-3)10-4)43-23-21-40(22-24-43)26-34(45)32-14-13-30-29-12-11-27-25-28(44)17-19-37(27,5)31(29)18-20-38(30,32)6/h15-17,19,25,29-32H,7-14,18,20-24,26H2,1-6H3/t29-,30-,31-,32+,37-,38-/m0/s1. The van der Waals surface area contributed by atoms with Crippen molar-refractivity contribution in [1.29, 1.82) is 0 Å². The Kier molecular flexibility index (Phi) is 9.22. The molecule has 0 radical (unpaired) electrons. The zero-order valence-electron chi connectivity index (χ0n) is 28.9. The maximum absolute atomic E-state index is 14.0. The summed E-state index contributed by atoms with van der Waals surface area (Å²) in [6.07, 6.45) is 12.7. The van der Waals surface area contributed by atoms with Gasteiger partial charge in [-0.2, -0.15) is 0 Å². The smallest absolute Gasteiger partial charge is 0.178 e. The van der Waals surface area contributed by atoms with Gasteiger partial charge in [-0.15, -0.1) is 0 Å². The van der Waals surface area contributed by atoms with E-state index in [0.717, 1.165) is 83.3 Å². The maximum atomic E-state index is 14.0. The predicted octanol–water partition coefficient (Wildman–Crippen LogP) is 6.39. The van der Waals surface area contributed by atoms with Gasteiger partial charge in [-0.25, -0.2) is 4.98 Å². The summed E-state index contributed by atoms with van der Waals surface area (Å²) >= 11 is 0. The third-order valence-electron chi connectivity index (χ3n) is 13.0. The van der Waals surface area contributed by atoms with Crippen molar-refractivity contribution in [2.75, 3.05) is 73.6 Å². The molecule has 0 spiro atoms. The number of rotatable bonds is 10. The number of piperazine rings is 1. The van der Waals surface area contributed by atoms with Crippen LogP contribution in [0.2, 0.25) is 0 Å². The molecule has 0 amide bonds. The van der Waals surface area contributed by atoms with Crippen LogP contribution in [0.25, 0.3) is 0 Å². The lowest BCUT2D eigenvalue weighted by molar-refractivity contribution is -0.130. The number of aromatic nitrogens is 1. The molecule has 2 heterocycles. The number of ketones is 2. The van der Waals surface area contributed by atoms with E-state index in [9.17, 15) is 9.59 Å². The van der Waals surface area contributed by atoms with Gasteiger partial charge in [-0.3, -0.25) is 14.5 Å². The SMILES string of the molecule is CCN(CC)c1ccc(N2CCN(CC(=O)[C@H]3CC[C@H]4[C@@H]5CCC6=CC(=O)C=C[C@]6(C)[C@H]5CC[C@]34C)CC2)nc1N(CC)CC. The van der Waals surface area contributed by atoms with E-state index in [1.165, 1.54) is 30.5 Å². The molecule has 6 rings (SSSR count). The third kappa shape index (κ3) is 5.65. The van der Waals surface area contributed by atoms with Crippen molar-refractivity contribution in [1.82, 2.24) is 9.88 Å². The highest BCUT2D eigenvalue weighted by molar-refractivity contribution is 6.01. The second kappa shape index (κ2) is 12.8. The first-order chi connectivity index (χ1) is 21.7. The number of anilines is 3. The molecule has 4 fully saturated rings. The van der Waals surface area contributed by atoms with Gasteiger partial charge in [-0.1, -0.05) is 25.5 Å². The van der Waals surface area contributed by atoms with Crippen molar-refractivity contribution in [3.63, 3.8) is 0 Å². The zero-order valence-corrected chi connectivity index (χ0v) is 28.9. The lowest BCUT2D eigenvalue weighted by Gasteiger charge is -2.57. The number of allylic oxidation sites excluding steroid dienone is 4. The van der Waals surface area contributed by atoms with E-state index in [0.29, 0.717) is 30.1 Å². The Morgan fingerprint density at radius 2 is 1.62 bits per heavy atom. The Hall–Kier alpha value is -2.67. The van der Waals surface area contributed by atoms with E-state index < -0.39 is 0 Å². The van der Waals surface area contributed by atoms with Gasteiger partial charge in [-0.05, 0) is 114 Å². The number of Topliss-reactive ketones (excluding diaryl/α,β-unsaturated/α-hetero) is 1. The normalized spacial score (nSPS) is 32.9. The molecule has 1 saturated heterocycles. The molecule has 5 aliphatic rings. The highest BCUT2D eigenvalue weighted by atomic mass is 16.1. The van der Waals surface area contributed by atoms with Gasteiger partial charge >= 0.3 is 0 Å². The molecule has 7 nitrogen and oxygen atoms in total. The Labute approximate surface area is 272 Å².